The maximum atomic E-state index is 13.0. The number of ether oxygens (including phenoxy) is 3. The molecule has 1 saturated heterocycles. The number of carbonyl (C=O) groups excluding carboxylic acids is 1. The van der Waals surface area contributed by atoms with Gasteiger partial charge in [0.05, 0.1) is 33.3 Å². The topological polar surface area (TPSA) is 51.2 Å². The summed E-state index contributed by atoms with van der Waals surface area (Å²) in [6.45, 7) is 1.62. The minimum absolute atomic E-state index is 0.00764. The monoisotopic (exact) mass is 480 g/mol. The maximum Gasteiger partial charge on any atom is 0.416 e. The van der Waals surface area contributed by atoms with Crippen molar-refractivity contribution in [1.29, 1.82) is 0 Å². The van der Waals surface area contributed by atoms with E-state index in [0.717, 1.165) is 24.5 Å². The number of carbonyl (C=O) groups is 1. The van der Waals surface area contributed by atoms with Gasteiger partial charge in [0.25, 0.3) is 0 Å². The lowest BCUT2D eigenvalue weighted by Gasteiger charge is -2.37. The molecule has 0 atom stereocenters. The second kappa shape index (κ2) is 11.0. The van der Waals surface area contributed by atoms with E-state index >= 15 is 0 Å². The average molecular weight is 481 g/mol. The minimum Gasteiger partial charge on any atom is -0.493 e. The quantitative estimate of drug-likeness (QED) is 0.561. The number of benzene rings is 2. The van der Waals surface area contributed by atoms with Crippen molar-refractivity contribution in [2.24, 2.45) is 0 Å². The molecule has 0 saturated carbocycles. The van der Waals surface area contributed by atoms with Crippen molar-refractivity contribution in [3.8, 4) is 17.2 Å². The third kappa shape index (κ3) is 6.14. The number of likely N-dealkylation sites (tertiary alicyclic amines) is 1. The van der Waals surface area contributed by atoms with Crippen LogP contribution in [0.15, 0.2) is 36.4 Å². The van der Waals surface area contributed by atoms with Crippen LogP contribution in [0.1, 0.15) is 29.5 Å². The van der Waals surface area contributed by atoms with E-state index in [2.05, 4.69) is 4.90 Å². The van der Waals surface area contributed by atoms with Crippen molar-refractivity contribution < 1.29 is 32.2 Å². The van der Waals surface area contributed by atoms with E-state index in [1.807, 2.05) is 11.9 Å². The zero-order valence-electron chi connectivity index (χ0n) is 19.9. The van der Waals surface area contributed by atoms with Crippen LogP contribution in [0.3, 0.4) is 0 Å². The Hall–Kier alpha value is -2.94. The first-order chi connectivity index (χ1) is 16.2. The third-order valence-electron chi connectivity index (χ3n) is 6.21. The second-order valence-corrected chi connectivity index (χ2v) is 8.44. The molecule has 186 valence electrons. The largest absolute Gasteiger partial charge is 0.493 e. The van der Waals surface area contributed by atoms with Crippen molar-refractivity contribution in [3.63, 3.8) is 0 Å². The van der Waals surface area contributed by atoms with Gasteiger partial charge in [0.2, 0.25) is 11.7 Å². The van der Waals surface area contributed by atoms with Gasteiger partial charge in [-0.25, -0.2) is 0 Å². The molecule has 0 spiro atoms. The van der Waals surface area contributed by atoms with Crippen LogP contribution in [0.4, 0.5) is 13.2 Å². The van der Waals surface area contributed by atoms with Gasteiger partial charge >= 0.3 is 6.18 Å². The van der Waals surface area contributed by atoms with Crippen molar-refractivity contribution in [2.75, 3.05) is 41.5 Å². The molecule has 0 bridgehead atoms. The molecule has 9 heteroatoms. The summed E-state index contributed by atoms with van der Waals surface area (Å²) in [5.41, 5.74) is 0.757. The Morgan fingerprint density at radius 3 is 2.15 bits per heavy atom. The average Bonchev–Trinajstić information content (AvgIpc) is 2.83. The lowest BCUT2D eigenvalue weighted by molar-refractivity contribution is -0.137. The molecule has 0 unspecified atom stereocenters. The van der Waals surface area contributed by atoms with Gasteiger partial charge in [0.1, 0.15) is 0 Å². The fourth-order valence-electron chi connectivity index (χ4n) is 4.34. The summed E-state index contributed by atoms with van der Waals surface area (Å²) < 4.78 is 55.0. The van der Waals surface area contributed by atoms with Gasteiger partial charge in [-0.3, -0.25) is 9.69 Å². The molecular weight excluding hydrogens is 449 g/mol. The summed E-state index contributed by atoms with van der Waals surface area (Å²) in [6, 6.07) is 9.18. The summed E-state index contributed by atoms with van der Waals surface area (Å²) in [5, 5.41) is 0. The van der Waals surface area contributed by atoms with Crippen LogP contribution in [0, 0.1) is 0 Å². The highest BCUT2D eigenvalue weighted by Gasteiger charge is 2.31. The number of alkyl halides is 3. The predicted octanol–water partition coefficient (Wildman–Crippen LogP) is 4.40. The van der Waals surface area contributed by atoms with Gasteiger partial charge < -0.3 is 19.1 Å². The minimum atomic E-state index is -4.35. The first-order valence-electron chi connectivity index (χ1n) is 11.1. The van der Waals surface area contributed by atoms with Gasteiger partial charge in [0.15, 0.2) is 11.5 Å². The van der Waals surface area contributed by atoms with E-state index in [1.54, 1.807) is 18.2 Å². The van der Waals surface area contributed by atoms with Crippen LogP contribution in [0.2, 0.25) is 0 Å². The number of amides is 1. The summed E-state index contributed by atoms with van der Waals surface area (Å²) >= 11 is 0. The smallest absolute Gasteiger partial charge is 0.416 e. The summed E-state index contributed by atoms with van der Waals surface area (Å²) in [4.78, 5) is 16.8. The molecule has 6 nitrogen and oxygen atoms in total. The molecule has 0 N–H and O–H groups in total. The number of hydrogen-bond acceptors (Lipinski definition) is 5. The Bertz CT molecular complexity index is 963. The number of methoxy groups -OCH3 is 3. The Morgan fingerprint density at radius 2 is 1.62 bits per heavy atom. The highest BCUT2D eigenvalue weighted by Crippen LogP contribution is 2.38. The summed E-state index contributed by atoms with van der Waals surface area (Å²) in [5.74, 6) is 1.48. The van der Waals surface area contributed by atoms with Crippen LogP contribution in [-0.2, 0) is 23.9 Å². The van der Waals surface area contributed by atoms with Crippen LogP contribution in [-0.4, -0.2) is 63.2 Å². The highest BCUT2D eigenvalue weighted by molar-refractivity contribution is 5.79. The van der Waals surface area contributed by atoms with Crippen molar-refractivity contribution in [2.45, 2.75) is 38.0 Å². The van der Waals surface area contributed by atoms with Crippen LogP contribution in [0.5, 0.6) is 17.2 Å². The lowest BCUT2D eigenvalue weighted by Crippen LogP contribution is -2.45. The van der Waals surface area contributed by atoms with Gasteiger partial charge in [-0.2, -0.15) is 13.2 Å². The van der Waals surface area contributed by atoms with Crippen LogP contribution in [0.25, 0.3) is 0 Å². The summed E-state index contributed by atoms with van der Waals surface area (Å²) in [6.07, 6.45) is -2.62. The maximum absolute atomic E-state index is 13.0. The standard InChI is InChI=1S/C25H31F3N2O4/c1-29(16-17-6-5-7-19(12-17)25(26,27)28)20-8-10-30(11-9-20)23(31)15-18-13-21(32-2)24(34-4)22(14-18)33-3/h5-7,12-14,20H,8-11,15-16H2,1-4H3. The Labute approximate surface area is 198 Å². The molecule has 3 rings (SSSR count). The van der Waals surface area contributed by atoms with Crippen molar-refractivity contribution in [3.05, 3.63) is 53.1 Å². The molecule has 2 aromatic carbocycles. The van der Waals surface area contributed by atoms with E-state index in [0.29, 0.717) is 42.4 Å². The molecule has 0 aromatic heterocycles. The SMILES string of the molecule is COc1cc(CC(=O)N2CCC(N(C)Cc3cccc(C(F)(F)F)c3)CC2)cc(OC)c1OC. The molecule has 34 heavy (non-hydrogen) atoms. The normalized spacial score (nSPS) is 14.9. The number of hydrogen-bond donors (Lipinski definition) is 0. The first-order valence-corrected chi connectivity index (χ1v) is 11.1. The molecule has 0 aliphatic carbocycles. The summed E-state index contributed by atoms with van der Waals surface area (Å²) in [7, 11) is 6.50. The zero-order chi connectivity index (χ0) is 24.9. The van der Waals surface area contributed by atoms with Gasteiger partial charge in [-0.15, -0.1) is 0 Å². The first kappa shape index (κ1) is 25.7. The molecule has 2 aromatic rings. The van der Waals surface area contributed by atoms with Crippen LogP contribution < -0.4 is 14.2 Å². The van der Waals surface area contributed by atoms with Crippen LogP contribution >= 0.6 is 0 Å². The van der Waals surface area contributed by atoms with Gasteiger partial charge in [0, 0.05) is 25.7 Å². The number of nitrogens with zero attached hydrogens (tertiary/aromatic N) is 2. The fraction of sp³-hybridized carbons (Fsp3) is 0.480. The van der Waals surface area contributed by atoms with E-state index in [1.165, 1.54) is 33.5 Å². The number of rotatable bonds is 8. The Balaban J connectivity index is 1.57. The van der Waals surface area contributed by atoms with E-state index in [4.69, 9.17) is 14.2 Å². The van der Waals surface area contributed by atoms with Crippen molar-refractivity contribution in [1.82, 2.24) is 9.80 Å². The molecule has 1 fully saturated rings. The number of halogens is 3. The third-order valence-corrected chi connectivity index (χ3v) is 6.21. The van der Waals surface area contributed by atoms with Gasteiger partial charge in [-0.1, -0.05) is 18.2 Å². The van der Waals surface area contributed by atoms with E-state index < -0.39 is 11.7 Å². The molecule has 1 amide bonds. The zero-order valence-corrected chi connectivity index (χ0v) is 19.9. The van der Waals surface area contributed by atoms with Gasteiger partial charge in [-0.05, 0) is 49.2 Å². The Morgan fingerprint density at radius 1 is 1.00 bits per heavy atom. The molecule has 0 radical (unpaired) electrons. The fourth-order valence-corrected chi connectivity index (χ4v) is 4.34. The molecular formula is C25H31F3N2O4. The lowest BCUT2D eigenvalue weighted by atomic mass is 10.0. The predicted molar refractivity (Wildman–Crippen MR) is 122 cm³/mol. The second-order valence-electron chi connectivity index (χ2n) is 8.44. The Kier molecular flexibility index (Phi) is 8.30. The van der Waals surface area contributed by atoms with E-state index in [-0.39, 0.29) is 18.4 Å². The highest BCUT2D eigenvalue weighted by atomic mass is 19.4. The molecule has 1 heterocycles. The molecule has 1 aliphatic rings. The van der Waals surface area contributed by atoms with E-state index in [9.17, 15) is 18.0 Å². The number of piperidine rings is 1. The van der Waals surface area contributed by atoms with Crippen molar-refractivity contribution >= 4 is 5.91 Å². The molecule has 1 aliphatic heterocycles.